The Morgan fingerprint density at radius 1 is 1.40 bits per heavy atom. The number of ether oxygens (including phenoxy) is 1. The Morgan fingerprint density at radius 2 is 2.00 bits per heavy atom. The lowest BCUT2D eigenvalue weighted by Gasteiger charge is -2.26. The van der Waals surface area contributed by atoms with Gasteiger partial charge in [0.2, 0.25) is 0 Å². The molecule has 1 aliphatic carbocycles. The van der Waals surface area contributed by atoms with Crippen LogP contribution in [0, 0.1) is 5.92 Å². The molecule has 2 N–H and O–H groups in total. The maximum atomic E-state index is 12.0. The number of carbonyl (C=O) groups excluding carboxylic acids is 2. The highest BCUT2D eigenvalue weighted by molar-refractivity contribution is 5.83. The molecule has 0 aromatic carbocycles. The number of methoxy groups -OCH3 is 1. The van der Waals surface area contributed by atoms with E-state index in [2.05, 4.69) is 10.1 Å². The first-order valence-corrected chi connectivity index (χ1v) is 6.69. The molecule has 0 saturated heterocycles. The van der Waals surface area contributed by atoms with Crippen LogP contribution in [0.4, 0.5) is 4.79 Å². The van der Waals surface area contributed by atoms with Gasteiger partial charge in [0.15, 0.2) is 0 Å². The number of hydrogen-bond acceptors (Lipinski definition) is 4. The molecule has 2 amide bonds. The van der Waals surface area contributed by atoms with Gasteiger partial charge in [-0.05, 0) is 32.1 Å². The third kappa shape index (κ3) is 4.71. The van der Waals surface area contributed by atoms with E-state index < -0.39 is 24.0 Å². The molecule has 1 aliphatic rings. The third-order valence-corrected chi connectivity index (χ3v) is 3.70. The van der Waals surface area contributed by atoms with Crippen molar-refractivity contribution < 1.29 is 24.2 Å². The minimum Gasteiger partial charge on any atom is -0.480 e. The maximum absolute atomic E-state index is 12.0. The van der Waals surface area contributed by atoms with Crippen molar-refractivity contribution in [1.82, 2.24) is 10.2 Å². The van der Waals surface area contributed by atoms with Gasteiger partial charge in [-0.25, -0.2) is 9.59 Å². The molecule has 0 heterocycles. The van der Waals surface area contributed by atoms with Crippen molar-refractivity contribution in [1.29, 1.82) is 0 Å². The summed E-state index contributed by atoms with van der Waals surface area (Å²) in [7, 11) is 2.89. The van der Waals surface area contributed by atoms with Gasteiger partial charge in [0.05, 0.1) is 7.11 Å². The fraction of sp³-hybridized carbons (Fsp3) is 0.769. The molecule has 0 aliphatic heterocycles. The highest BCUT2D eigenvalue weighted by Gasteiger charge is 2.33. The number of aliphatic carboxylic acids is 1. The van der Waals surface area contributed by atoms with Crippen LogP contribution in [0.5, 0.6) is 0 Å². The molecule has 1 unspecified atom stereocenters. The lowest BCUT2D eigenvalue weighted by Crippen LogP contribution is -2.49. The van der Waals surface area contributed by atoms with E-state index in [9.17, 15) is 14.4 Å². The number of carboxylic acid groups (broad SMARTS) is 1. The normalized spacial score (nSPS) is 16.9. The summed E-state index contributed by atoms with van der Waals surface area (Å²) in [5.41, 5.74) is 0. The Balaban J connectivity index is 2.49. The van der Waals surface area contributed by atoms with Crippen LogP contribution in [0.25, 0.3) is 0 Å². The van der Waals surface area contributed by atoms with E-state index in [0.29, 0.717) is 5.92 Å². The zero-order valence-electron chi connectivity index (χ0n) is 12.1. The van der Waals surface area contributed by atoms with Crippen LogP contribution >= 0.6 is 0 Å². The molecular formula is C13H22N2O5. The van der Waals surface area contributed by atoms with Crippen molar-refractivity contribution in [3.05, 3.63) is 0 Å². The minimum absolute atomic E-state index is 0.0133. The summed E-state index contributed by atoms with van der Waals surface area (Å²) < 4.78 is 4.46. The lowest BCUT2D eigenvalue weighted by atomic mass is 10.1. The van der Waals surface area contributed by atoms with E-state index >= 15 is 0 Å². The van der Waals surface area contributed by atoms with Gasteiger partial charge in [-0.3, -0.25) is 4.79 Å². The van der Waals surface area contributed by atoms with Crippen LogP contribution in [0.3, 0.4) is 0 Å². The Labute approximate surface area is 118 Å². The summed E-state index contributed by atoms with van der Waals surface area (Å²) in [6.45, 7) is 1.95. The van der Waals surface area contributed by atoms with Gasteiger partial charge >= 0.3 is 18.0 Å². The zero-order valence-corrected chi connectivity index (χ0v) is 12.1. The van der Waals surface area contributed by atoms with Crippen LogP contribution in [-0.2, 0) is 14.3 Å². The smallest absolute Gasteiger partial charge is 0.326 e. The molecule has 20 heavy (non-hydrogen) atoms. The number of hydrogen-bond donors (Lipinski definition) is 2. The quantitative estimate of drug-likeness (QED) is 0.676. The van der Waals surface area contributed by atoms with Gasteiger partial charge in [-0.15, -0.1) is 0 Å². The molecule has 0 radical (unpaired) electrons. The maximum Gasteiger partial charge on any atom is 0.326 e. The molecule has 0 bridgehead atoms. The lowest BCUT2D eigenvalue weighted by molar-refractivity contribution is -0.142. The number of nitrogens with one attached hydrogen (secondary N) is 1. The van der Waals surface area contributed by atoms with Gasteiger partial charge in [-0.1, -0.05) is 0 Å². The van der Waals surface area contributed by atoms with Gasteiger partial charge < -0.3 is 20.1 Å². The number of esters is 1. The largest absolute Gasteiger partial charge is 0.480 e. The monoisotopic (exact) mass is 286 g/mol. The Bertz CT molecular complexity index is 381. The first-order valence-electron chi connectivity index (χ1n) is 6.69. The molecule has 2 atom stereocenters. The summed E-state index contributed by atoms with van der Waals surface area (Å²) in [6.07, 6.45) is 2.17. The van der Waals surface area contributed by atoms with Crippen molar-refractivity contribution in [3.63, 3.8) is 0 Å². The minimum atomic E-state index is -1.16. The summed E-state index contributed by atoms with van der Waals surface area (Å²) in [5.74, 6) is -1.15. The zero-order chi connectivity index (χ0) is 15.3. The van der Waals surface area contributed by atoms with E-state index in [0.717, 1.165) is 12.8 Å². The summed E-state index contributed by atoms with van der Waals surface area (Å²) >= 11 is 0. The second-order valence-electron chi connectivity index (χ2n) is 5.14. The van der Waals surface area contributed by atoms with Crippen LogP contribution in [-0.4, -0.2) is 54.2 Å². The molecule has 0 spiro atoms. The van der Waals surface area contributed by atoms with Crippen molar-refractivity contribution in [2.75, 3.05) is 14.2 Å². The van der Waals surface area contributed by atoms with Crippen LogP contribution in [0.2, 0.25) is 0 Å². The van der Waals surface area contributed by atoms with Gasteiger partial charge in [0.25, 0.3) is 0 Å². The first-order chi connectivity index (χ1) is 9.36. The van der Waals surface area contributed by atoms with Gasteiger partial charge in [0, 0.05) is 19.5 Å². The van der Waals surface area contributed by atoms with Crippen LogP contribution in [0.15, 0.2) is 0 Å². The van der Waals surface area contributed by atoms with E-state index in [4.69, 9.17) is 5.11 Å². The molecule has 114 valence electrons. The van der Waals surface area contributed by atoms with E-state index in [1.54, 1.807) is 7.05 Å². The number of rotatable bonds is 7. The molecule has 0 aromatic heterocycles. The summed E-state index contributed by atoms with van der Waals surface area (Å²) in [4.78, 5) is 35.6. The standard InChI is InChI=1S/C13H22N2O5/c1-8(9-4-5-9)15(2)13(19)14-10(12(17)18)6-7-11(16)20-3/h8-10H,4-7H2,1-3H3,(H,14,19)(H,17,18)/t8?,10-/m1/s1. The molecule has 7 heteroatoms. The fourth-order valence-electron chi connectivity index (χ4n) is 1.95. The summed E-state index contributed by atoms with van der Waals surface area (Å²) in [6, 6.07) is -1.43. The predicted octanol–water partition coefficient (Wildman–Crippen LogP) is 0.833. The predicted molar refractivity (Wildman–Crippen MR) is 71.2 cm³/mol. The average molecular weight is 286 g/mol. The Hall–Kier alpha value is -1.79. The molecule has 1 saturated carbocycles. The molecule has 7 nitrogen and oxygen atoms in total. The third-order valence-electron chi connectivity index (χ3n) is 3.70. The molecule has 0 aromatic rings. The second kappa shape index (κ2) is 7.12. The first kappa shape index (κ1) is 16.3. The fourth-order valence-corrected chi connectivity index (χ4v) is 1.95. The van der Waals surface area contributed by atoms with Crippen molar-refractivity contribution in [3.8, 4) is 0 Å². The number of urea groups is 1. The van der Waals surface area contributed by atoms with E-state index in [1.807, 2.05) is 6.92 Å². The van der Waals surface area contributed by atoms with Crippen LogP contribution in [0.1, 0.15) is 32.6 Å². The molecule has 1 rings (SSSR count). The SMILES string of the molecule is COC(=O)CC[C@@H](NC(=O)N(C)C(C)C1CC1)C(=O)O. The highest BCUT2D eigenvalue weighted by atomic mass is 16.5. The summed E-state index contributed by atoms with van der Waals surface area (Å²) in [5, 5.41) is 11.5. The highest BCUT2D eigenvalue weighted by Crippen LogP contribution is 2.34. The molecule has 1 fully saturated rings. The van der Waals surface area contributed by atoms with Crippen molar-refractivity contribution in [2.45, 2.75) is 44.7 Å². The average Bonchev–Trinajstić information content (AvgIpc) is 3.24. The van der Waals surface area contributed by atoms with E-state index in [1.165, 1.54) is 12.0 Å². The molecular weight excluding hydrogens is 264 g/mol. The van der Waals surface area contributed by atoms with E-state index in [-0.39, 0.29) is 18.9 Å². The topological polar surface area (TPSA) is 95.9 Å². The van der Waals surface area contributed by atoms with Gasteiger partial charge in [0.1, 0.15) is 6.04 Å². The number of carboxylic acids is 1. The number of carbonyl (C=O) groups is 3. The Morgan fingerprint density at radius 3 is 2.45 bits per heavy atom. The van der Waals surface area contributed by atoms with Crippen molar-refractivity contribution >= 4 is 18.0 Å². The van der Waals surface area contributed by atoms with Crippen LogP contribution < -0.4 is 5.32 Å². The number of amides is 2. The van der Waals surface area contributed by atoms with Crippen molar-refractivity contribution in [2.24, 2.45) is 5.92 Å². The van der Waals surface area contributed by atoms with Gasteiger partial charge in [-0.2, -0.15) is 0 Å². The Kier molecular flexibility index (Phi) is 5.79. The number of nitrogens with zero attached hydrogens (tertiary/aromatic N) is 1. The second-order valence-corrected chi connectivity index (χ2v) is 5.14.